The third kappa shape index (κ3) is 1.42. The van der Waals surface area contributed by atoms with Crippen LogP contribution in [0.5, 0.6) is 0 Å². The van der Waals surface area contributed by atoms with Crippen molar-refractivity contribution in [2.45, 2.75) is 0 Å². The molecule has 10 heavy (non-hydrogen) atoms. The Labute approximate surface area is 68.3 Å². The molecule has 0 heterocycles. The van der Waals surface area contributed by atoms with Crippen molar-refractivity contribution in [3.8, 4) is 0 Å². The number of benzene rings is 1. The molecule has 2 nitrogen and oxygen atoms in total. The molecule has 0 unspecified atom stereocenters. The first-order valence-electron chi connectivity index (χ1n) is 2.54. The summed E-state index contributed by atoms with van der Waals surface area (Å²) < 4.78 is 0. The van der Waals surface area contributed by atoms with Gasteiger partial charge in [0.1, 0.15) is 6.07 Å². The van der Waals surface area contributed by atoms with Crippen LogP contribution < -0.4 is 5.11 Å². The van der Waals surface area contributed by atoms with Crippen molar-refractivity contribution in [2.24, 2.45) is 0 Å². The zero-order chi connectivity index (χ0) is 7.56. The maximum atomic E-state index is 8.32. The van der Waals surface area contributed by atoms with Gasteiger partial charge >= 0.3 is 5.69 Å². The van der Waals surface area contributed by atoms with Crippen molar-refractivity contribution in [3.63, 3.8) is 0 Å². The molecule has 50 valence electrons. The van der Waals surface area contributed by atoms with E-state index >= 15 is 0 Å². The maximum Gasteiger partial charge on any atom is 0.548 e. The highest BCUT2D eigenvalue weighted by atomic mass is 35.5. The minimum atomic E-state index is 0.286. The van der Waals surface area contributed by atoms with Gasteiger partial charge in [-0.25, -0.2) is 0 Å². The highest BCUT2D eigenvalue weighted by molar-refractivity contribution is 6.34. The van der Waals surface area contributed by atoms with Crippen LogP contribution in [0.3, 0.4) is 0 Å². The summed E-state index contributed by atoms with van der Waals surface area (Å²) in [5, 5.41) is 3.79. The number of nitrogens with zero attached hydrogens (tertiary/aromatic N) is 2. The van der Waals surface area contributed by atoms with Gasteiger partial charge in [0.25, 0.3) is 0 Å². The van der Waals surface area contributed by atoms with Crippen LogP contribution in [0, 0.1) is 0 Å². The van der Waals surface area contributed by atoms with Gasteiger partial charge in [0.15, 0.2) is 5.02 Å². The van der Waals surface area contributed by atoms with Gasteiger partial charge in [-0.2, -0.15) is 0 Å². The third-order valence-corrected chi connectivity index (χ3v) is 1.57. The van der Waals surface area contributed by atoms with E-state index in [-0.39, 0.29) is 5.69 Å². The summed E-state index contributed by atoms with van der Waals surface area (Å²) in [6.07, 6.45) is 0. The van der Waals surface area contributed by atoms with Crippen molar-refractivity contribution < 1.29 is 0 Å². The SMILES string of the molecule is [N-]=[N+2]c1cc(Cl)ccc1Cl. The molecule has 0 bridgehead atoms. The molecule has 1 aromatic carbocycles. The molecule has 0 amide bonds. The van der Waals surface area contributed by atoms with Crippen LogP contribution in [0.1, 0.15) is 0 Å². The monoisotopic (exact) mass is 173 g/mol. The lowest BCUT2D eigenvalue weighted by Crippen LogP contribution is -1.75. The molecule has 0 aliphatic heterocycles. The largest absolute Gasteiger partial charge is 0.548 e. The van der Waals surface area contributed by atoms with E-state index in [0.717, 1.165) is 0 Å². The highest BCUT2D eigenvalue weighted by Crippen LogP contribution is 2.23. The molecule has 0 radical (unpaired) electrons. The third-order valence-electron chi connectivity index (χ3n) is 1.02. The Morgan fingerprint density at radius 2 is 2.00 bits per heavy atom. The molecular weight excluding hydrogens is 171 g/mol. The second kappa shape index (κ2) is 2.93. The Balaban J connectivity index is 3.21. The quantitative estimate of drug-likeness (QED) is 0.586. The predicted molar refractivity (Wildman–Crippen MR) is 41.6 cm³/mol. The van der Waals surface area contributed by atoms with E-state index in [2.05, 4.69) is 5.11 Å². The molecule has 1 aromatic rings. The molecule has 0 N–H and O–H groups in total. The van der Waals surface area contributed by atoms with Gasteiger partial charge in [0, 0.05) is 0 Å². The fraction of sp³-hybridized carbons (Fsp3) is 0. The number of halogens is 2. The van der Waals surface area contributed by atoms with Gasteiger partial charge in [-0.05, 0) is 12.1 Å². The van der Waals surface area contributed by atoms with Crippen LogP contribution in [0.25, 0.3) is 5.53 Å². The van der Waals surface area contributed by atoms with Crippen LogP contribution in [0.4, 0.5) is 5.69 Å². The van der Waals surface area contributed by atoms with E-state index in [1.807, 2.05) is 0 Å². The molecule has 0 saturated heterocycles. The van der Waals surface area contributed by atoms with E-state index in [1.54, 1.807) is 12.1 Å². The predicted octanol–water partition coefficient (Wildman–Crippen LogP) is 2.98. The van der Waals surface area contributed by atoms with Crippen molar-refractivity contribution in [1.29, 1.82) is 0 Å². The molecular formula is C6H3Cl2N2+. The van der Waals surface area contributed by atoms with Crippen LogP contribution in [-0.2, 0) is 0 Å². The van der Waals surface area contributed by atoms with Crippen LogP contribution in [0.15, 0.2) is 18.2 Å². The van der Waals surface area contributed by atoms with Crippen LogP contribution >= 0.6 is 23.2 Å². The van der Waals surface area contributed by atoms with Crippen LogP contribution in [0.2, 0.25) is 10.0 Å². The lowest BCUT2D eigenvalue weighted by atomic mass is 10.3. The number of hydrogen-bond acceptors (Lipinski definition) is 1. The summed E-state index contributed by atoms with van der Waals surface area (Å²) in [6.45, 7) is 0. The molecule has 4 heteroatoms. The molecule has 0 spiro atoms. The zero-order valence-corrected chi connectivity index (χ0v) is 6.39. The summed E-state index contributed by atoms with van der Waals surface area (Å²) in [4.78, 5) is 0. The van der Waals surface area contributed by atoms with Crippen LogP contribution in [-0.4, -0.2) is 0 Å². The first-order chi connectivity index (χ1) is 4.74. The van der Waals surface area contributed by atoms with Crippen molar-refractivity contribution in [1.82, 2.24) is 5.11 Å². The average Bonchev–Trinajstić information content (AvgIpc) is 1.94. The Kier molecular flexibility index (Phi) is 2.17. The topological polar surface area (TPSA) is 36.4 Å². The van der Waals surface area contributed by atoms with Crippen molar-refractivity contribution in [3.05, 3.63) is 33.8 Å². The van der Waals surface area contributed by atoms with Gasteiger partial charge in [0.2, 0.25) is 5.11 Å². The van der Waals surface area contributed by atoms with Gasteiger partial charge in [0.05, 0.1) is 5.02 Å². The maximum absolute atomic E-state index is 8.32. The standard InChI is InChI=1S/C6H3Cl2N2/c7-4-1-2-5(8)6(3-4)10-9/h1-3H/q+1. The van der Waals surface area contributed by atoms with E-state index in [9.17, 15) is 0 Å². The fourth-order valence-electron chi connectivity index (χ4n) is 0.562. The second-order valence-electron chi connectivity index (χ2n) is 1.70. The Bertz CT molecular complexity index is 260. The Hall–Kier alpha value is -0.690. The molecule has 0 saturated carbocycles. The first-order valence-corrected chi connectivity index (χ1v) is 3.30. The van der Waals surface area contributed by atoms with Gasteiger partial charge in [-0.1, -0.05) is 28.7 Å². The summed E-state index contributed by atoms with van der Waals surface area (Å²) >= 11 is 11.1. The van der Waals surface area contributed by atoms with E-state index < -0.39 is 0 Å². The molecule has 0 atom stereocenters. The molecule has 0 aliphatic rings. The normalized spacial score (nSPS) is 9.00. The fourth-order valence-corrected chi connectivity index (χ4v) is 0.884. The molecule has 0 fully saturated rings. The second-order valence-corrected chi connectivity index (χ2v) is 2.54. The number of hydrogen-bond donors (Lipinski definition) is 0. The first kappa shape index (κ1) is 7.42. The Morgan fingerprint density at radius 3 is 2.50 bits per heavy atom. The van der Waals surface area contributed by atoms with Gasteiger partial charge < -0.3 is 0 Å². The molecule has 0 aromatic heterocycles. The molecule has 0 aliphatic carbocycles. The minimum absolute atomic E-state index is 0.286. The highest BCUT2D eigenvalue weighted by Gasteiger charge is 2.18. The Morgan fingerprint density at radius 1 is 1.30 bits per heavy atom. The zero-order valence-electron chi connectivity index (χ0n) is 4.88. The van der Waals surface area contributed by atoms with Crippen molar-refractivity contribution >= 4 is 28.9 Å². The smallest absolute Gasteiger partial charge is 0.0859 e. The average molecular weight is 174 g/mol. The summed E-state index contributed by atoms with van der Waals surface area (Å²) in [6, 6.07) is 4.67. The van der Waals surface area contributed by atoms with E-state index in [4.69, 9.17) is 28.7 Å². The molecule has 1 rings (SSSR count). The van der Waals surface area contributed by atoms with Crippen molar-refractivity contribution in [2.75, 3.05) is 0 Å². The van der Waals surface area contributed by atoms with Gasteiger partial charge in [-0.15, -0.1) is 0 Å². The summed E-state index contributed by atoms with van der Waals surface area (Å²) in [5.74, 6) is 0. The van der Waals surface area contributed by atoms with E-state index in [0.29, 0.717) is 10.0 Å². The lowest BCUT2D eigenvalue weighted by Gasteiger charge is -1.81. The number of rotatable bonds is 1. The van der Waals surface area contributed by atoms with E-state index in [1.165, 1.54) is 6.07 Å². The summed E-state index contributed by atoms with van der Waals surface area (Å²) in [7, 11) is 0. The van der Waals surface area contributed by atoms with Gasteiger partial charge in [-0.3, -0.25) is 0 Å². The lowest BCUT2D eigenvalue weighted by molar-refractivity contribution is 1.34. The summed E-state index contributed by atoms with van der Waals surface area (Å²) in [5.41, 5.74) is 8.61. The minimum Gasteiger partial charge on any atom is -0.0859 e.